The molecule has 1 fully saturated rings. The Morgan fingerprint density at radius 3 is 3.00 bits per heavy atom. The van der Waals surface area contributed by atoms with Crippen LogP contribution in [0.2, 0.25) is 0 Å². The number of carbonyl (C=O) groups excluding carboxylic acids is 1. The van der Waals surface area contributed by atoms with Crippen LogP contribution in [0.5, 0.6) is 0 Å². The fourth-order valence-corrected chi connectivity index (χ4v) is 1.62. The highest BCUT2D eigenvalue weighted by atomic mass is 16.5. The number of hydrogen-bond donors (Lipinski definition) is 1. The molecule has 0 spiro atoms. The first-order chi connectivity index (χ1) is 6.65. The SMILES string of the molecule is CCN1C(=O)COCC1CCC(=O)O. The second-order valence-corrected chi connectivity index (χ2v) is 3.28. The molecule has 0 aromatic carbocycles. The topological polar surface area (TPSA) is 66.8 Å². The minimum atomic E-state index is -0.834. The standard InChI is InChI=1S/C9H15NO4/c1-2-10-7(3-4-9(12)13)5-14-6-8(10)11/h7H,2-6H2,1H3,(H,12,13). The van der Waals surface area contributed by atoms with Crippen LogP contribution in [0.25, 0.3) is 0 Å². The first kappa shape index (κ1) is 11.0. The third kappa shape index (κ3) is 2.70. The van der Waals surface area contributed by atoms with E-state index in [1.165, 1.54) is 0 Å². The third-order valence-corrected chi connectivity index (χ3v) is 2.33. The lowest BCUT2D eigenvalue weighted by molar-refractivity contribution is -0.149. The molecule has 1 atom stereocenters. The molecule has 14 heavy (non-hydrogen) atoms. The van der Waals surface area contributed by atoms with Crippen LogP contribution in [-0.4, -0.2) is 47.7 Å². The van der Waals surface area contributed by atoms with Crippen molar-refractivity contribution in [2.45, 2.75) is 25.8 Å². The van der Waals surface area contributed by atoms with E-state index < -0.39 is 5.97 Å². The van der Waals surface area contributed by atoms with Gasteiger partial charge in [0.2, 0.25) is 5.91 Å². The number of morpholine rings is 1. The van der Waals surface area contributed by atoms with E-state index in [1.54, 1.807) is 4.90 Å². The number of likely N-dealkylation sites (N-methyl/N-ethyl adjacent to an activating group) is 1. The Balaban J connectivity index is 2.47. The van der Waals surface area contributed by atoms with Gasteiger partial charge in [0, 0.05) is 13.0 Å². The lowest BCUT2D eigenvalue weighted by Gasteiger charge is -2.34. The number of amides is 1. The molecule has 1 heterocycles. The summed E-state index contributed by atoms with van der Waals surface area (Å²) in [5.74, 6) is -0.881. The summed E-state index contributed by atoms with van der Waals surface area (Å²) in [6.07, 6.45) is 0.548. The van der Waals surface area contributed by atoms with E-state index in [-0.39, 0.29) is 25.0 Å². The molecule has 0 aromatic rings. The highest BCUT2D eigenvalue weighted by molar-refractivity contribution is 5.78. The normalized spacial score (nSPS) is 22.5. The Morgan fingerprint density at radius 1 is 1.71 bits per heavy atom. The molecule has 1 amide bonds. The van der Waals surface area contributed by atoms with Crippen LogP contribution in [0, 0.1) is 0 Å². The quantitative estimate of drug-likeness (QED) is 0.700. The lowest BCUT2D eigenvalue weighted by atomic mass is 10.1. The number of hydrogen-bond acceptors (Lipinski definition) is 3. The van der Waals surface area contributed by atoms with E-state index in [1.807, 2.05) is 6.92 Å². The first-order valence-corrected chi connectivity index (χ1v) is 4.74. The average molecular weight is 201 g/mol. The van der Waals surface area contributed by atoms with Gasteiger partial charge in [0.1, 0.15) is 6.61 Å². The molecule has 1 aliphatic heterocycles. The summed E-state index contributed by atoms with van der Waals surface area (Å²) < 4.78 is 5.07. The highest BCUT2D eigenvalue weighted by Gasteiger charge is 2.27. The van der Waals surface area contributed by atoms with Crippen molar-refractivity contribution in [1.29, 1.82) is 0 Å². The van der Waals surface area contributed by atoms with Crippen LogP contribution in [0.3, 0.4) is 0 Å². The van der Waals surface area contributed by atoms with E-state index in [0.29, 0.717) is 19.6 Å². The largest absolute Gasteiger partial charge is 0.481 e. The maximum absolute atomic E-state index is 11.3. The van der Waals surface area contributed by atoms with Gasteiger partial charge >= 0.3 is 5.97 Å². The summed E-state index contributed by atoms with van der Waals surface area (Å²) in [6.45, 7) is 3.08. The minimum Gasteiger partial charge on any atom is -0.481 e. The summed E-state index contributed by atoms with van der Waals surface area (Å²) in [5, 5.41) is 8.52. The Kier molecular flexibility index (Phi) is 3.88. The van der Waals surface area contributed by atoms with Crippen LogP contribution >= 0.6 is 0 Å². The predicted molar refractivity (Wildman–Crippen MR) is 48.9 cm³/mol. The second kappa shape index (κ2) is 4.95. The zero-order chi connectivity index (χ0) is 10.6. The zero-order valence-corrected chi connectivity index (χ0v) is 8.23. The van der Waals surface area contributed by atoms with Gasteiger partial charge < -0.3 is 14.7 Å². The predicted octanol–water partition coefficient (Wildman–Crippen LogP) is 0.0985. The van der Waals surface area contributed by atoms with Gasteiger partial charge in [0.05, 0.1) is 12.6 Å². The maximum Gasteiger partial charge on any atom is 0.303 e. The summed E-state index contributed by atoms with van der Waals surface area (Å²) in [4.78, 5) is 23.4. The van der Waals surface area contributed by atoms with Crippen molar-refractivity contribution >= 4 is 11.9 Å². The van der Waals surface area contributed by atoms with Crippen molar-refractivity contribution < 1.29 is 19.4 Å². The Hall–Kier alpha value is -1.10. The van der Waals surface area contributed by atoms with Crippen molar-refractivity contribution in [3.05, 3.63) is 0 Å². The summed E-state index contributed by atoms with van der Waals surface area (Å²) >= 11 is 0. The minimum absolute atomic E-state index is 0.0471. The Morgan fingerprint density at radius 2 is 2.43 bits per heavy atom. The number of carbonyl (C=O) groups is 2. The number of nitrogens with zero attached hydrogens (tertiary/aromatic N) is 1. The molecular formula is C9H15NO4. The molecule has 5 heteroatoms. The van der Waals surface area contributed by atoms with Gasteiger partial charge in [-0.2, -0.15) is 0 Å². The van der Waals surface area contributed by atoms with Crippen LogP contribution < -0.4 is 0 Å². The molecule has 1 saturated heterocycles. The average Bonchev–Trinajstić information content (AvgIpc) is 2.14. The van der Waals surface area contributed by atoms with Crippen LogP contribution in [0.1, 0.15) is 19.8 Å². The van der Waals surface area contributed by atoms with Gasteiger partial charge in [-0.25, -0.2) is 0 Å². The second-order valence-electron chi connectivity index (χ2n) is 3.28. The van der Waals surface area contributed by atoms with Crippen molar-refractivity contribution in [1.82, 2.24) is 4.90 Å². The third-order valence-electron chi connectivity index (χ3n) is 2.33. The van der Waals surface area contributed by atoms with Crippen LogP contribution in [0.4, 0.5) is 0 Å². The number of carboxylic acids is 1. The van der Waals surface area contributed by atoms with Crippen LogP contribution in [-0.2, 0) is 14.3 Å². The van der Waals surface area contributed by atoms with Gasteiger partial charge in [-0.1, -0.05) is 0 Å². The highest BCUT2D eigenvalue weighted by Crippen LogP contribution is 2.12. The Labute approximate surface area is 82.6 Å². The lowest BCUT2D eigenvalue weighted by Crippen LogP contribution is -2.49. The van der Waals surface area contributed by atoms with E-state index in [0.717, 1.165) is 0 Å². The molecule has 1 unspecified atom stereocenters. The molecule has 1 N–H and O–H groups in total. The van der Waals surface area contributed by atoms with Gasteiger partial charge in [0.25, 0.3) is 0 Å². The van der Waals surface area contributed by atoms with Crippen LogP contribution in [0.15, 0.2) is 0 Å². The Bertz CT molecular complexity index is 229. The zero-order valence-electron chi connectivity index (χ0n) is 8.23. The van der Waals surface area contributed by atoms with Gasteiger partial charge in [-0.05, 0) is 13.3 Å². The molecule has 1 rings (SSSR count). The molecule has 0 aromatic heterocycles. The number of carboxylic acid groups (broad SMARTS) is 1. The number of aliphatic carboxylic acids is 1. The van der Waals surface area contributed by atoms with E-state index in [9.17, 15) is 9.59 Å². The summed E-state index contributed by atoms with van der Waals surface area (Å²) in [7, 11) is 0. The van der Waals surface area contributed by atoms with Gasteiger partial charge in [-0.3, -0.25) is 9.59 Å². The molecule has 5 nitrogen and oxygen atoms in total. The maximum atomic E-state index is 11.3. The van der Waals surface area contributed by atoms with Crippen molar-refractivity contribution in [3.8, 4) is 0 Å². The first-order valence-electron chi connectivity index (χ1n) is 4.74. The molecule has 0 bridgehead atoms. The number of rotatable bonds is 4. The molecular weight excluding hydrogens is 186 g/mol. The summed E-state index contributed by atoms with van der Waals surface area (Å²) in [5.41, 5.74) is 0. The van der Waals surface area contributed by atoms with E-state index >= 15 is 0 Å². The fourth-order valence-electron chi connectivity index (χ4n) is 1.62. The molecule has 80 valence electrons. The van der Waals surface area contributed by atoms with Crippen molar-refractivity contribution in [2.75, 3.05) is 19.8 Å². The van der Waals surface area contributed by atoms with E-state index in [4.69, 9.17) is 9.84 Å². The molecule has 0 aliphatic carbocycles. The van der Waals surface area contributed by atoms with Crippen molar-refractivity contribution in [3.63, 3.8) is 0 Å². The van der Waals surface area contributed by atoms with Gasteiger partial charge in [-0.15, -0.1) is 0 Å². The van der Waals surface area contributed by atoms with E-state index in [2.05, 4.69) is 0 Å². The fraction of sp³-hybridized carbons (Fsp3) is 0.778. The molecule has 0 radical (unpaired) electrons. The van der Waals surface area contributed by atoms with Gasteiger partial charge in [0.15, 0.2) is 0 Å². The smallest absolute Gasteiger partial charge is 0.303 e. The monoisotopic (exact) mass is 201 g/mol. The molecule has 1 aliphatic rings. The van der Waals surface area contributed by atoms with Crippen molar-refractivity contribution in [2.24, 2.45) is 0 Å². The summed E-state index contributed by atoms with van der Waals surface area (Å²) in [6, 6.07) is -0.0719. The molecule has 0 saturated carbocycles. The number of ether oxygens (including phenoxy) is 1.